The molecule has 0 bridgehead atoms. The van der Waals surface area contributed by atoms with Crippen molar-refractivity contribution in [1.29, 1.82) is 0 Å². The van der Waals surface area contributed by atoms with E-state index in [4.69, 9.17) is 10.3 Å². The lowest BCUT2D eigenvalue weighted by atomic mass is 9.82. The monoisotopic (exact) mass is 429 g/mol. The number of carbonyl (C=O) groups is 2. The topological polar surface area (TPSA) is 142 Å². The Morgan fingerprint density at radius 2 is 2.10 bits per heavy atom. The standard InChI is InChI=1S/C18H31N5O5S/c1-7-8-15-11-23(12-18(15,14(3)24)21-22-19)29(26,27)20-13(2)9-10-16(25)28-17(4,5)6/h7,13,15,20H,1,8-12H2,2-6H3/t13-,15+,18-/m1/s1. The summed E-state index contributed by atoms with van der Waals surface area (Å²) in [5, 5.41) is 3.68. The van der Waals surface area contributed by atoms with Gasteiger partial charge in [0.1, 0.15) is 16.9 Å². The van der Waals surface area contributed by atoms with E-state index in [1.165, 1.54) is 6.92 Å². The molecule has 0 aromatic rings. The summed E-state index contributed by atoms with van der Waals surface area (Å²) in [5.41, 5.74) is 6.85. The van der Waals surface area contributed by atoms with Gasteiger partial charge in [-0.15, -0.1) is 6.58 Å². The van der Waals surface area contributed by atoms with Crippen molar-refractivity contribution in [3.05, 3.63) is 23.1 Å². The number of carbonyl (C=O) groups excluding carboxylic acids is 2. The van der Waals surface area contributed by atoms with E-state index in [9.17, 15) is 18.0 Å². The molecule has 164 valence electrons. The Hall–Kier alpha value is -1.94. The number of ketones is 1. The molecule has 1 aliphatic rings. The van der Waals surface area contributed by atoms with Crippen molar-refractivity contribution in [2.75, 3.05) is 13.1 Å². The van der Waals surface area contributed by atoms with Gasteiger partial charge in [0.05, 0.1) is 0 Å². The molecule has 3 atom stereocenters. The number of esters is 1. The first-order valence-corrected chi connectivity index (χ1v) is 10.9. The van der Waals surface area contributed by atoms with Crippen molar-refractivity contribution in [3.8, 4) is 0 Å². The van der Waals surface area contributed by atoms with Gasteiger partial charge in [-0.1, -0.05) is 11.2 Å². The van der Waals surface area contributed by atoms with Gasteiger partial charge in [0.25, 0.3) is 10.2 Å². The van der Waals surface area contributed by atoms with Gasteiger partial charge in [0, 0.05) is 30.5 Å². The molecule has 1 heterocycles. The third-order valence-electron chi connectivity index (χ3n) is 4.69. The molecule has 0 aromatic heterocycles. The highest BCUT2D eigenvalue weighted by atomic mass is 32.2. The van der Waals surface area contributed by atoms with Gasteiger partial charge >= 0.3 is 5.97 Å². The van der Waals surface area contributed by atoms with Crippen LogP contribution in [0.5, 0.6) is 0 Å². The minimum Gasteiger partial charge on any atom is -0.460 e. The smallest absolute Gasteiger partial charge is 0.306 e. The highest BCUT2D eigenvalue weighted by Crippen LogP contribution is 2.36. The van der Waals surface area contributed by atoms with Crippen molar-refractivity contribution in [2.45, 2.75) is 71.1 Å². The number of hydrogen-bond donors (Lipinski definition) is 1. The molecule has 0 amide bonds. The van der Waals surface area contributed by atoms with Gasteiger partial charge in [-0.25, -0.2) is 0 Å². The van der Waals surface area contributed by atoms with Crippen molar-refractivity contribution in [2.24, 2.45) is 11.0 Å². The number of allylic oxidation sites excluding steroid dienone is 1. The molecule has 0 radical (unpaired) electrons. The van der Waals surface area contributed by atoms with E-state index in [1.807, 2.05) is 0 Å². The predicted octanol–water partition coefficient (Wildman–Crippen LogP) is 2.48. The third kappa shape index (κ3) is 6.81. The quantitative estimate of drug-likeness (QED) is 0.187. The zero-order chi connectivity index (χ0) is 22.5. The average molecular weight is 430 g/mol. The molecular formula is C18H31N5O5S. The van der Waals surface area contributed by atoms with Crippen LogP contribution in [0.4, 0.5) is 0 Å². The lowest BCUT2D eigenvalue weighted by Crippen LogP contribution is -2.47. The van der Waals surface area contributed by atoms with E-state index in [-0.39, 0.29) is 25.9 Å². The van der Waals surface area contributed by atoms with E-state index in [2.05, 4.69) is 21.3 Å². The maximum atomic E-state index is 12.8. The minimum atomic E-state index is -3.95. The largest absolute Gasteiger partial charge is 0.460 e. The number of nitrogens with one attached hydrogen (secondary N) is 1. The van der Waals surface area contributed by atoms with Crippen LogP contribution in [0.15, 0.2) is 17.8 Å². The number of nitrogens with zero attached hydrogens (tertiary/aromatic N) is 4. The number of hydrogen-bond acceptors (Lipinski definition) is 6. The van der Waals surface area contributed by atoms with E-state index in [0.717, 1.165) is 4.31 Å². The van der Waals surface area contributed by atoms with Crippen LogP contribution >= 0.6 is 0 Å². The van der Waals surface area contributed by atoms with E-state index >= 15 is 0 Å². The van der Waals surface area contributed by atoms with Crippen molar-refractivity contribution >= 4 is 22.0 Å². The Bertz CT molecular complexity index is 781. The summed E-state index contributed by atoms with van der Waals surface area (Å²) in [5.74, 6) is -1.30. The molecule has 10 nitrogen and oxygen atoms in total. The summed E-state index contributed by atoms with van der Waals surface area (Å²) in [7, 11) is -3.95. The summed E-state index contributed by atoms with van der Waals surface area (Å²) in [6.07, 6.45) is 2.23. The molecule has 1 rings (SSSR count). The van der Waals surface area contributed by atoms with Gasteiger partial charge in [0.2, 0.25) is 0 Å². The number of azide groups is 1. The van der Waals surface area contributed by atoms with Crippen LogP contribution in [0, 0.1) is 5.92 Å². The minimum absolute atomic E-state index is 0.0265. The fraction of sp³-hybridized carbons (Fsp3) is 0.778. The van der Waals surface area contributed by atoms with Crippen LogP contribution in [0.2, 0.25) is 0 Å². The molecule has 29 heavy (non-hydrogen) atoms. The molecule has 0 aromatic carbocycles. The third-order valence-corrected chi connectivity index (χ3v) is 6.35. The highest BCUT2D eigenvalue weighted by molar-refractivity contribution is 7.87. The Balaban J connectivity index is 2.86. The summed E-state index contributed by atoms with van der Waals surface area (Å²) in [4.78, 5) is 26.8. The first kappa shape index (κ1) is 25.1. The molecule has 1 N–H and O–H groups in total. The summed E-state index contributed by atoms with van der Waals surface area (Å²) in [6.45, 7) is 11.6. The molecule has 1 saturated heterocycles. The van der Waals surface area contributed by atoms with Gasteiger partial charge in [-0.2, -0.15) is 17.4 Å². The predicted molar refractivity (Wildman–Crippen MR) is 109 cm³/mol. The van der Waals surface area contributed by atoms with Crippen LogP contribution in [-0.2, 0) is 24.5 Å². The molecule has 11 heteroatoms. The normalized spacial score (nSPS) is 23.8. The first-order chi connectivity index (χ1) is 13.3. The average Bonchev–Trinajstić information content (AvgIpc) is 2.93. The number of Topliss-reactive ketones (excluding diaryl/α,β-unsaturated/α-hetero) is 1. The Labute approximate surface area is 172 Å². The SMILES string of the molecule is C=CC[C@H]1CN(S(=O)(=O)N[C@H](C)CCC(=O)OC(C)(C)C)C[C@@]1(N=[N+]=[N-])C(C)=O. The van der Waals surface area contributed by atoms with Crippen LogP contribution in [-0.4, -0.2) is 54.7 Å². The number of rotatable bonds is 10. The molecule has 0 spiro atoms. The highest BCUT2D eigenvalue weighted by Gasteiger charge is 2.52. The molecule has 0 aliphatic carbocycles. The Kier molecular flexibility index (Phi) is 8.40. The van der Waals surface area contributed by atoms with Crippen LogP contribution < -0.4 is 4.72 Å². The van der Waals surface area contributed by atoms with Crippen LogP contribution in [0.1, 0.15) is 53.9 Å². The Morgan fingerprint density at radius 3 is 2.59 bits per heavy atom. The second-order valence-corrected chi connectivity index (χ2v) is 10.0. The Morgan fingerprint density at radius 1 is 1.48 bits per heavy atom. The molecule has 1 fully saturated rings. The lowest BCUT2D eigenvalue weighted by Gasteiger charge is -2.26. The van der Waals surface area contributed by atoms with E-state index in [1.54, 1.807) is 33.8 Å². The molecule has 1 aliphatic heterocycles. The van der Waals surface area contributed by atoms with E-state index < -0.39 is 45.1 Å². The maximum absolute atomic E-state index is 12.8. The fourth-order valence-electron chi connectivity index (χ4n) is 3.29. The maximum Gasteiger partial charge on any atom is 0.306 e. The van der Waals surface area contributed by atoms with Crippen LogP contribution in [0.25, 0.3) is 10.4 Å². The van der Waals surface area contributed by atoms with Crippen molar-refractivity contribution in [1.82, 2.24) is 9.03 Å². The molecule has 0 saturated carbocycles. The summed E-state index contributed by atoms with van der Waals surface area (Å²) >= 11 is 0. The van der Waals surface area contributed by atoms with Crippen molar-refractivity contribution < 1.29 is 22.7 Å². The van der Waals surface area contributed by atoms with Gasteiger partial charge < -0.3 is 4.74 Å². The van der Waals surface area contributed by atoms with Gasteiger partial charge in [0.15, 0.2) is 0 Å². The second kappa shape index (κ2) is 9.71. The first-order valence-electron chi connectivity index (χ1n) is 9.45. The summed E-state index contributed by atoms with van der Waals surface area (Å²) < 4.78 is 34.5. The molecular weight excluding hydrogens is 398 g/mol. The van der Waals surface area contributed by atoms with Crippen LogP contribution in [0.3, 0.4) is 0 Å². The van der Waals surface area contributed by atoms with E-state index in [0.29, 0.717) is 6.42 Å². The fourth-order valence-corrected chi connectivity index (χ4v) is 4.81. The zero-order valence-electron chi connectivity index (χ0n) is 17.7. The summed E-state index contributed by atoms with van der Waals surface area (Å²) in [6, 6.07) is -0.530. The number of ether oxygens (including phenoxy) is 1. The van der Waals surface area contributed by atoms with Gasteiger partial charge in [-0.05, 0) is 58.9 Å². The molecule has 0 unspecified atom stereocenters. The lowest BCUT2D eigenvalue weighted by molar-refractivity contribution is -0.155. The second-order valence-electron chi connectivity index (χ2n) is 8.33. The zero-order valence-corrected chi connectivity index (χ0v) is 18.5. The van der Waals surface area contributed by atoms with Crippen molar-refractivity contribution in [3.63, 3.8) is 0 Å². The van der Waals surface area contributed by atoms with Gasteiger partial charge in [-0.3, -0.25) is 9.59 Å².